The van der Waals surface area contributed by atoms with Crippen molar-refractivity contribution in [3.05, 3.63) is 0 Å². The predicted molar refractivity (Wildman–Crippen MR) is 52.7 cm³/mol. The Morgan fingerprint density at radius 3 is 3.08 bits per heavy atom. The lowest BCUT2D eigenvalue weighted by Gasteiger charge is -2.17. The SMILES string of the molecule is CC1CCN(CC2CO2)CCS1. The van der Waals surface area contributed by atoms with E-state index >= 15 is 0 Å². The Bertz CT molecular complexity index is 149. The minimum absolute atomic E-state index is 0.573. The summed E-state index contributed by atoms with van der Waals surface area (Å²) in [7, 11) is 0. The lowest BCUT2D eigenvalue weighted by atomic mass is 10.3. The number of thioether (sulfide) groups is 1. The van der Waals surface area contributed by atoms with Gasteiger partial charge in [-0.2, -0.15) is 11.8 Å². The third-order valence-corrected chi connectivity index (χ3v) is 3.75. The number of rotatable bonds is 2. The Morgan fingerprint density at radius 2 is 2.33 bits per heavy atom. The quantitative estimate of drug-likeness (QED) is 0.604. The van der Waals surface area contributed by atoms with Gasteiger partial charge in [0.1, 0.15) is 0 Å². The van der Waals surface area contributed by atoms with E-state index in [1.54, 1.807) is 0 Å². The second kappa shape index (κ2) is 3.99. The van der Waals surface area contributed by atoms with Crippen LogP contribution in [0.3, 0.4) is 0 Å². The molecule has 0 amide bonds. The van der Waals surface area contributed by atoms with Gasteiger partial charge in [-0.1, -0.05) is 6.92 Å². The predicted octanol–water partition coefficient (Wildman–Crippen LogP) is 1.21. The van der Waals surface area contributed by atoms with E-state index in [2.05, 4.69) is 23.6 Å². The maximum absolute atomic E-state index is 5.23. The molecular weight excluding hydrogens is 170 g/mol. The number of nitrogens with zero attached hydrogens (tertiary/aromatic N) is 1. The molecule has 2 heterocycles. The Hall–Kier alpha value is 0.270. The van der Waals surface area contributed by atoms with E-state index in [9.17, 15) is 0 Å². The highest BCUT2D eigenvalue weighted by molar-refractivity contribution is 7.99. The molecule has 0 aromatic carbocycles. The lowest BCUT2D eigenvalue weighted by molar-refractivity contribution is 0.255. The average Bonchev–Trinajstić information content (AvgIpc) is 2.83. The van der Waals surface area contributed by atoms with E-state index in [0.717, 1.165) is 11.9 Å². The molecule has 0 spiro atoms. The molecular formula is C9H17NOS. The van der Waals surface area contributed by atoms with E-state index in [4.69, 9.17) is 4.74 Å². The van der Waals surface area contributed by atoms with Gasteiger partial charge in [0.25, 0.3) is 0 Å². The van der Waals surface area contributed by atoms with Crippen molar-refractivity contribution in [1.29, 1.82) is 0 Å². The van der Waals surface area contributed by atoms with Gasteiger partial charge in [-0.25, -0.2) is 0 Å². The Labute approximate surface area is 78.6 Å². The van der Waals surface area contributed by atoms with Crippen molar-refractivity contribution >= 4 is 11.8 Å². The molecule has 0 aromatic heterocycles. The summed E-state index contributed by atoms with van der Waals surface area (Å²) < 4.78 is 5.23. The molecule has 0 saturated carbocycles. The average molecular weight is 187 g/mol. The van der Waals surface area contributed by atoms with Crippen molar-refractivity contribution in [2.75, 3.05) is 32.0 Å². The minimum atomic E-state index is 0.573. The molecule has 0 bridgehead atoms. The van der Waals surface area contributed by atoms with Crippen LogP contribution in [0.4, 0.5) is 0 Å². The van der Waals surface area contributed by atoms with Crippen LogP contribution in [-0.4, -0.2) is 48.2 Å². The summed E-state index contributed by atoms with van der Waals surface area (Å²) >= 11 is 2.11. The molecule has 2 aliphatic rings. The van der Waals surface area contributed by atoms with Crippen LogP contribution >= 0.6 is 11.8 Å². The van der Waals surface area contributed by atoms with Crippen molar-refractivity contribution in [2.45, 2.75) is 24.7 Å². The highest BCUT2D eigenvalue weighted by atomic mass is 32.2. The highest BCUT2D eigenvalue weighted by Gasteiger charge is 2.26. The molecule has 0 aliphatic carbocycles. The van der Waals surface area contributed by atoms with Crippen LogP contribution in [0.2, 0.25) is 0 Å². The van der Waals surface area contributed by atoms with E-state index in [0.29, 0.717) is 6.10 Å². The lowest BCUT2D eigenvalue weighted by Crippen LogP contribution is -2.30. The summed E-state index contributed by atoms with van der Waals surface area (Å²) in [5.41, 5.74) is 0. The summed E-state index contributed by atoms with van der Waals surface area (Å²) in [5, 5.41) is 0.857. The number of hydrogen-bond donors (Lipinski definition) is 0. The fourth-order valence-corrected chi connectivity index (χ4v) is 2.62. The fraction of sp³-hybridized carbons (Fsp3) is 1.00. The molecule has 0 aromatic rings. The topological polar surface area (TPSA) is 15.8 Å². The van der Waals surface area contributed by atoms with Gasteiger partial charge in [-0.05, 0) is 13.0 Å². The Kier molecular flexibility index (Phi) is 2.94. The van der Waals surface area contributed by atoms with Crippen LogP contribution in [0.15, 0.2) is 0 Å². The molecule has 2 nitrogen and oxygen atoms in total. The smallest absolute Gasteiger partial charge is 0.0936 e. The Balaban J connectivity index is 1.73. The molecule has 0 N–H and O–H groups in total. The van der Waals surface area contributed by atoms with E-state index in [1.165, 1.54) is 31.8 Å². The van der Waals surface area contributed by atoms with Crippen LogP contribution in [0.1, 0.15) is 13.3 Å². The summed E-state index contributed by atoms with van der Waals surface area (Å²) in [6.45, 7) is 7.04. The van der Waals surface area contributed by atoms with Gasteiger partial charge in [0.2, 0.25) is 0 Å². The highest BCUT2D eigenvalue weighted by Crippen LogP contribution is 2.20. The Morgan fingerprint density at radius 1 is 1.50 bits per heavy atom. The van der Waals surface area contributed by atoms with Crippen LogP contribution in [0, 0.1) is 0 Å². The molecule has 0 radical (unpaired) electrons. The number of ether oxygens (including phenoxy) is 1. The largest absolute Gasteiger partial charge is 0.372 e. The van der Waals surface area contributed by atoms with Gasteiger partial charge >= 0.3 is 0 Å². The van der Waals surface area contributed by atoms with Gasteiger partial charge < -0.3 is 4.74 Å². The van der Waals surface area contributed by atoms with E-state index in [-0.39, 0.29) is 0 Å². The molecule has 70 valence electrons. The van der Waals surface area contributed by atoms with E-state index in [1.807, 2.05) is 0 Å². The first-order valence-electron chi connectivity index (χ1n) is 4.80. The third-order valence-electron chi connectivity index (χ3n) is 2.53. The van der Waals surface area contributed by atoms with Crippen LogP contribution in [-0.2, 0) is 4.74 Å². The van der Waals surface area contributed by atoms with Gasteiger partial charge in [-0.15, -0.1) is 0 Å². The molecule has 3 heteroatoms. The first-order chi connectivity index (χ1) is 5.84. The van der Waals surface area contributed by atoms with Crippen molar-refractivity contribution in [3.63, 3.8) is 0 Å². The molecule has 2 rings (SSSR count). The van der Waals surface area contributed by atoms with Crippen molar-refractivity contribution in [1.82, 2.24) is 4.90 Å². The number of hydrogen-bond acceptors (Lipinski definition) is 3. The molecule has 2 unspecified atom stereocenters. The van der Waals surface area contributed by atoms with Gasteiger partial charge in [0, 0.05) is 24.1 Å². The molecule has 2 fully saturated rings. The van der Waals surface area contributed by atoms with Gasteiger partial charge in [0.05, 0.1) is 12.7 Å². The summed E-state index contributed by atoms with van der Waals surface area (Å²) in [5.74, 6) is 1.30. The number of epoxide rings is 1. The molecule has 2 saturated heterocycles. The second-order valence-electron chi connectivity index (χ2n) is 3.73. The van der Waals surface area contributed by atoms with Crippen molar-refractivity contribution < 1.29 is 4.74 Å². The van der Waals surface area contributed by atoms with Crippen LogP contribution in [0.25, 0.3) is 0 Å². The van der Waals surface area contributed by atoms with E-state index < -0.39 is 0 Å². The first kappa shape index (κ1) is 8.85. The van der Waals surface area contributed by atoms with Gasteiger partial charge in [-0.3, -0.25) is 4.90 Å². The maximum Gasteiger partial charge on any atom is 0.0936 e. The second-order valence-corrected chi connectivity index (χ2v) is 5.27. The van der Waals surface area contributed by atoms with Crippen LogP contribution in [0.5, 0.6) is 0 Å². The summed E-state index contributed by atoms with van der Waals surface area (Å²) in [4.78, 5) is 2.55. The fourth-order valence-electron chi connectivity index (χ4n) is 1.59. The zero-order valence-electron chi connectivity index (χ0n) is 7.66. The minimum Gasteiger partial charge on any atom is -0.372 e. The molecule has 2 aliphatic heterocycles. The molecule has 12 heavy (non-hydrogen) atoms. The normalized spacial score (nSPS) is 37.8. The zero-order chi connectivity index (χ0) is 8.39. The monoisotopic (exact) mass is 187 g/mol. The van der Waals surface area contributed by atoms with Crippen molar-refractivity contribution in [3.8, 4) is 0 Å². The van der Waals surface area contributed by atoms with Crippen LogP contribution < -0.4 is 0 Å². The zero-order valence-corrected chi connectivity index (χ0v) is 8.48. The first-order valence-corrected chi connectivity index (χ1v) is 5.85. The summed E-state index contributed by atoms with van der Waals surface area (Å²) in [6, 6.07) is 0. The van der Waals surface area contributed by atoms with Gasteiger partial charge in [0.15, 0.2) is 0 Å². The molecule has 2 atom stereocenters. The summed E-state index contributed by atoms with van der Waals surface area (Å²) in [6.07, 6.45) is 1.92. The third kappa shape index (κ3) is 2.64. The standard InChI is InChI=1S/C9H17NOS/c1-8-2-3-10(4-5-12-8)6-9-7-11-9/h8-9H,2-7H2,1H3. The van der Waals surface area contributed by atoms with Crippen molar-refractivity contribution in [2.24, 2.45) is 0 Å². The maximum atomic E-state index is 5.23.